The number of thiophene rings is 1. The lowest BCUT2D eigenvalue weighted by molar-refractivity contribution is -0.137. The Morgan fingerprint density at radius 1 is 1.19 bits per heavy atom. The van der Waals surface area contributed by atoms with E-state index in [0.717, 1.165) is 29.5 Å². The number of sulfonamides is 1. The van der Waals surface area contributed by atoms with Gasteiger partial charge in [-0.3, -0.25) is 20.4 Å². The Bertz CT molecular complexity index is 1060. The fourth-order valence-electron chi connectivity index (χ4n) is 3.09. The lowest BCUT2D eigenvalue weighted by Crippen LogP contribution is -2.50. The van der Waals surface area contributed by atoms with Gasteiger partial charge in [0.15, 0.2) is 6.61 Å². The lowest BCUT2D eigenvalue weighted by Gasteiger charge is -2.30. The highest BCUT2D eigenvalue weighted by Gasteiger charge is 2.34. The molecule has 32 heavy (non-hydrogen) atoms. The van der Waals surface area contributed by atoms with Gasteiger partial charge >= 0.3 is 6.18 Å². The molecule has 1 aliphatic heterocycles. The van der Waals surface area contributed by atoms with Gasteiger partial charge in [-0.2, -0.15) is 17.5 Å². The van der Waals surface area contributed by atoms with Gasteiger partial charge in [0.2, 0.25) is 5.91 Å². The Morgan fingerprint density at radius 3 is 2.66 bits per heavy atom. The Balaban J connectivity index is 1.48. The molecule has 13 heteroatoms. The zero-order chi connectivity index (χ0) is 23.4. The van der Waals surface area contributed by atoms with Crippen LogP contribution in [0.4, 0.5) is 13.2 Å². The molecular formula is C19H20F3N3O5S2. The van der Waals surface area contributed by atoms with E-state index in [0.29, 0.717) is 19.4 Å². The largest absolute Gasteiger partial charge is 0.484 e. The zero-order valence-corrected chi connectivity index (χ0v) is 18.2. The van der Waals surface area contributed by atoms with Gasteiger partial charge in [0, 0.05) is 13.1 Å². The molecule has 0 aliphatic carbocycles. The number of piperidine rings is 1. The maximum Gasteiger partial charge on any atom is 0.416 e. The first-order chi connectivity index (χ1) is 15.1. The summed E-state index contributed by atoms with van der Waals surface area (Å²) >= 11 is 1.09. The Hall–Kier alpha value is -2.64. The van der Waals surface area contributed by atoms with Gasteiger partial charge in [0.1, 0.15) is 9.96 Å². The molecule has 2 heterocycles. The third-order valence-electron chi connectivity index (χ3n) is 4.70. The van der Waals surface area contributed by atoms with Crippen molar-refractivity contribution in [3.8, 4) is 5.75 Å². The van der Waals surface area contributed by atoms with E-state index >= 15 is 0 Å². The summed E-state index contributed by atoms with van der Waals surface area (Å²) in [5, 5.41) is 1.65. The van der Waals surface area contributed by atoms with Crippen LogP contribution in [0.1, 0.15) is 18.4 Å². The number of nitrogens with one attached hydrogen (secondary N) is 2. The summed E-state index contributed by atoms with van der Waals surface area (Å²) in [7, 11) is -3.69. The van der Waals surface area contributed by atoms with E-state index in [4.69, 9.17) is 4.74 Å². The van der Waals surface area contributed by atoms with Crippen molar-refractivity contribution in [2.75, 3.05) is 19.7 Å². The number of hydrazine groups is 1. The fraction of sp³-hybridized carbons (Fsp3) is 0.368. The molecule has 2 aromatic rings. The van der Waals surface area contributed by atoms with E-state index in [2.05, 4.69) is 10.9 Å². The quantitative estimate of drug-likeness (QED) is 0.604. The molecule has 2 amide bonds. The minimum atomic E-state index is -4.54. The van der Waals surface area contributed by atoms with Crippen molar-refractivity contribution >= 4 is 33.2 Å². The molecule has 0 bridgehead atoms. The van der Waals surface area contributed by atoms with Gasteiger partial charge in [0.25, 0.3) is 15.9 Å². The molecule has 1 aromatic heterocycles. The first-order valence-corrected chi connectivity index (χ1v) is 11.8. The Morgan fingerprint density at radius 2 is 1.97 bits per heavy atom. The van der Waals surface area contributed by atoms with Gasteiger partial charge < -0.3 is 4.74 Å². The van der Waals surface area contributed by atoms with E-state index in [1.165, 1.54) is 16.4 Å². The van der Waals surface area contributed by atoms with Crippen LogP contribution >= 0.6 is 11.3 Å². The summed E-state index contributed by atoms with van der Waals surface area (Å²) < 4.78 is 69.9. The predicted octanol–water partition coefficient (Wildman–Crippen LogP) is 2.39. The molecular weight excluding hydrogens is 471 g/mol. The molecule has 1 aliphatic rings. The van der Waals surface area contributed by atoms with Crippen molar-refractivity contribution in [2.45, 2.75) is 23.2 Å². The highest BCUT2D eigenvalue weighted by atomic mass is 32.2. The SMILES string of the molecule is O=C(COc1cccc(C(F)(F)F)c1)NNC(=O)[C@H]1CCCN(S(=O)(=O)c2cccs2)C1. The number of halogens is 3. The van der Waals surface area contributed by atoms with Crippen LogP contribution in [0.3, 0.4) is 0 Å². The van der Waals surface area contributed by atoms with Crippen LogP contribution in [-0.4, -0.2) is 44.2 Å². The molecule has 0 radical (unpaired) electrons. The second-order valence-corrected chi connectivity index (χ2v) is 10.1. The number of ether oxygens (including phenoxy) is 1. The molecule has 8 nitrogen and oxygen atoms in total. The van der Waals surface area contributed by atoms with E-state index in [9.17, 15) is 31.2 Å². The molecule has 1 saturated heterocycles. The molecule has 0 unspecified atom stereocenters. The molecule has 174 valence electrons. The maximum atomic E-state index is 12.7. The van der Waals surface area contributed by atoms with E-state index in [1.54, 1.807) is 11.4 Å². The standard InChI is InChI=1S/C19H20F3N3O5S2/c20-19(21,22)14-5-1-6-15(10-14)30-12-16(26)23-24-18(27)13-4-2-8-25(11-13)32(28,29)17-7-3-9-31-17/h1,3,5-7,9-10,13H,2,4,8,11-12H2,(H,23,26)(H,24,27)/t13-/m0/s1. The number of rotatable bonds is 6. The fourth-order valence-corrected chi connectivity index (χ4v) is 5.76. The number of carbonyl (C=O) groups is 2. The molecule has 1 atom stereocenters. The van der Waals surface area contributed by atoms with Crippen molar-refractivity contribution < 1.29 is 35.9 Å². The second kappa shape index (κ2) is 9.88. The number of hydrogen-bond acceptors (Lipinski definition) is 6. The minimum Gasteiger partial charge on any atom is -0.484 e. The number of hydrogen-bond donors (Lipinski definition) is 2. The van der Waals surface area contributed by atoms with Gasteiger partial charge in [-0.25, -0.2) is 8.42 Å². The molecule has 0 spiro atoms. The third-order valence-corrected chi connectivity index (χ3v) is 7.94. The summed E-state index contributed by atoms with van der Waals surface area (Å²) in [6, 6.07) is 7.18. The van der Waals surface area contributed by atoms with Crippen molar-refractivity contribution in [3.63, 3.8) is 0 Å². The van der Waals surface area contributed by atoms with Crippen LogP contribution in [-0.2, 0) is 25.8 Å². The minimum absolute atomic E-state index is 0.0251. The second-order valence-electron chi connectivity index (χ2n) is 6.99. The van der Waals surface area contributed by atoms with E-state index < -0.39 is 46.1 Å². The van der Waals surface area contributed by atoms with Crippen LogP contribution in [0.5, 0.6) is 5.75 Å². The lowest BCUT2D eigenvalue weighted by atomic mass is 9.99. The topological polar surface area (TPSA) is 105 Å². The smallest absolute Gasteiger partial charge is 0.416 e. The van der Waals surface area contributed by atoms with Crippen LogP contribution in [0, 0.1) is 5.92 Å². The van der Waals surface area contributed by atoms with Crippen LogP contribution in [0.25, 0.3) is 0 Å². The number of benzene rings is 1. The van der Waals surface area contributed by atoms with E-state index in [1.807, 2.05) is 0 Å². The normalized spacial score (nSPS) is 17.5. The summed E-state index contributed by atoms with van der Waals surface area (Å²) in [4.78, 5) is 24.3. The summed E-state index contributed by atoms with van der Waals surface area (Å²) in [6.07, 6.45) is -3.62. The number of nitrogens with zero attached hydrogens (tertiary/aromatic N) is 1. The average Bonchev–Trinajstić information content (AvgIpc) is 3.31. The highest BCUT2D eigenvalue weighted by Crippen LogP contribution is 2.31. The molecule has 3 rings (SSSR count). The van der Waals surface area contributed by atoms with E-state index in [-0.39, 0.29) is 16.5 Å². The number of alkyl halides is 3. The van der Waals surface area contributed by atoms with Crippen molar-refractivity contribution in [3.05, 3.63) is 47.3 Å². The first-order valence-electron chi connectivity index (χ1n) is 9.50. The third kappa shape index (κ3) is 5.99. The van der Waals surface area contributed by atoms with Crippen LogP contribution in [0.15, 0.2) is 46.0 Å². The van der Waals surface area contributed by atoms with Gasteiger partial charge in [-0.15, -0.1) is 11.3 Å². The van der Waals surface area contributed by atoms with Crippen molar-refractivity contribution in [1.82, 2.24) is 15.2 Å². The highest BCUT2D eigenvalue weighted by molar-refractivity contribution is 7.91. The van der Waals surface area contributed by atoms with Gasteiger partial charge in [-0.1, -0.05) is 12.1 Å². The summed E-state index contributed by atoms with van der Waals surface area (Å²) in [5.74, 6) is -2.16. The summed E-state index contributed by atoms with van der Waals surface area (Å²) in [6.45, 7) is -0.352. The monoisotopic (exact) mass is 491 g/mol. The average molecular weight is 492 g/mol. The molecule has 2 N–H and O–H groups in total. The number of carbonyl (C=O) groups excluding carboxylic acids is 2. The van der Waals surface area contributed by atoms with Crippen LogP contribution in [0.2, 0.25) is 0 Å². The van der Waals surface area contributed by atoms with Gasteiger partial charge in [-0.05, 0) is 42.5 Å². The van der Waals surface area contributed by atoms with Crippen molar-refractivity contribution in [1.29, 1.82) is 0 Å². The maximum absolute atomic E-state index is 12.7. The zero-order valence-electron chi connectivity index (χ0n) is 16.6. The Labute approximate surface area is 186 Å². The molecule has 0 saturated carbocycles. The Kier molecular flexibility index (Phi) is 7.41. The number of amides is 2. The van der Waals surface area contributed by atoms with Gasteiger partial charge in [0.05, 0.1) is 11.5 Å². The van der Waals surface area contributed by atoms with Crippen LogP contribution < -0.4 is 15.6 Å². The van der Waals surface area contributed by atoms with Crippen molar-refractivity contribution in [2.24, 2.45) is 5.92 Å². The first kappa shape index (κ1) is 24.0. The summed E-state index contributed by atoms with van der Waals surface area (Å²) in [5.41, 5.74) is 3.42. The molecule has 1 fully saturated rings. The predicted molar refractivity (Wildman–Crippen MR) is 109 cm³/mol. The molecule has 1 aromatic carbocycles.